The molecule has 0 radical (unpaired) electrons. The van der Waals surface area contributed by atoms with Crippen LogP contribution in [0.25, 0.3) is 16.9 Å². The summed E-state index contributed by atoms with van der Waals surface area (Å²) >= 11 is 1.50. The van der Waals surface area contributed by atoms with Gasteiger partial charge in [0.15, 0.2) is 11.5 Å². The summed E-state index contributed by atoms with van der Waals surface area (Å²) in [5, 5.41) is 7.80. The van der Waals surface area contributed by atoms with Crippen LogP contribution in [0.15, 0.2) is 89.5 Å². The van der Waals surface area contributed by atoms with E-state index in [0.717, 1.165) is 39.2 Å². The third-order valence-electron chi connectivity index (χ3n) is 7.99. The number of nitrogens with zero attached hydrogens (tertiary/aromatic N) is 3. The number of rotatable bonds is 9. The summed E-state index contributed by atoms with van der Waals surface area (Å²) < 4.78 is 18.4. The topological polar surface area (TPSA) is 98.8 Å². The molecule has 2 amide bonds. The van der Waals surface area contributed by atoms with Crippen LogP contribution in [0.1, 0.15) is 33.3 Å². The Balaban J connectivity index is 1.57. The van der Waals surface area contributed by atoms with Crippen molar-refractivity contribution >= 4 is 29.4 Å². The molecule has 0 saturated carbocycles. The van der Waals surface area contributed by atoms with Gasteiger partial charge in [0, 0.05) is 11.1 Å². The number of methoxy groups -OCH3 is 2. The molecular formula is C35H34N4O5S. The Morgan fingerprint density at radius 3 is 2.53 bits per heavy atom. The lowest BCUT2D eigenvalue weighted by molar-refractivity contribution is -0.123. The van der Waals surface area contributed by atoms with E-state index in [0.29, 0.717) is 23.1 Å². The van der Waals surface area contributed by atoms with E-state index in [-0.39, 0.29) is 35.9 Å². The maximum Gasteiger partial charge on any atom is 0.240 e. The van der Waals surface area contributed by atoms with Crippen molar-refractivity contribution in [3.05, 3.63) is 113 Å². The van der Waals surface area contributed by atoms with Gasteiger partial charge >= 0.3 is 0 Å². The van der Waals surface area contributed by atoms with E-state index in [2.05, 4.69) is 5.32 Å². The maximum absolute atomic E-state index is 14.0. The lowest BCUT2D eigenvalue weighted by atomic mass is 9.99. The zero-order valence-electron chi connectivity index (χ0n) is 25.6. The molecule has 0 fully saturated rings. The monoisotopic (exact) mass is 622 g/mol. The average molecular weight is 623 g/mol. The Morgan fingerprint density at radius 1 is 1.00 bits per heavy atom. The zero-order chi connectivity index (χ0) is 31.5. The van der Waals surface area contributed by atoms with Gasteiger partial charge in [-0.1, -0.05) is 48.5 Å². The van der Waals surface area contributed by atoms with Crippen LogP contribution < -0.4 is 19.7 Å². The minimum Gasteiger partial charge on any atom is -0.493 e. The van der Waals surface area contributed by atoms with Gasteiger partial charge in [0.2, 0.25) is 11.8 Å². The number of hydrogen-bond donors (Lipinski definition) is 1. The fourth-order valence-corrected chi connectivity index (χ4v) is 6.73. The van der Waals surface area contributed by atoms with E-state index < -0.39 is 0 Å². The van der Waals surface area contributed by atoms with Gasteiger partial charge in [0.25, 0.3) is 0 Å². The van der Waals surface area contributed by atoms with Crippen molar-refractivity contribution in [3.8, 4) is 28.4 Å². The van der Waals surface area contributed by atoms with Crippen LogP contribution in [0.4, 0.5) is 5.82 Å². The van der Waals surface area contributed by atoms with Gasteiger partial charge in [-0.05, 0) is 60.9 Å². The van der Waals surface area contributed by atoms with Gasteiger partial charge in [-0.25, -0.2) is 4.68 Å². The number of aromatic nitrogens is 2. The van der Waals surface area contributed by atoms with Gasteiger partial charge in [-0.3, -0.25) is 14.5 Å². The number of fused-ring (bicyclic) bond motifs is 1. The second-order valence-corrected chi connectivity index (χ2v) is 11.8. The molecule has 230 valence electrons. The Kier molecular flexibility index (Phi) is 8.66. The minimum absolute atomic E-state index is 0.153. The zero-order valence-corrected chi connectivity index (χ0v) is 26.4. The number of aryl methyl sites for hydroxylation is 1. The SMILES string of the molecule is COc1ccc(C2SCC(=O)N(CC(=O)NCc3ccco3)c3c2c(-c2ccccc2)nn3-c2cccc(C)c2C)cc1OC. The second-order valence-electron chi connectivity index (χ2n) is 10.7. The van der Waals surface area contributed by atoms with Gasteiger partial charge in [-0.15, -0.1) is 11.8 Å². The Morgan fingerprint density at radius 2 is 1.80 bits per heavy atom. The average Bonchev–Trinajstić information content (AvgIpc) is 3.70. The van der Waals surface area contributed by atoms with Gasteiger partial charge in [0.1, 0.15) is 18.1 Å². The Labute approximate surface area is 266 Å². The Hall–Kier alpha value is -4.96. The molecule has 6 rings (SSSR count). The summed E-state index contributed by atoms with van der Waals surface area (Å²) in [6, 6.07) is 25.3. The number of amides is 2. The molecule has 0 saturated heterocycles. The molecule has 5 aromatic rings. The van der Waals surface area contributed by atoms with Crippen LogP contribution in [0.5, 0.6) is 11.5 Å². The number of carbonyl (C=O) groups is 2. The van der Waals surface area contributed by atoms with E-state index in [1.54, 1.807) is 37.5 Å². The quantitative estimate of drug-likeness (QED) is 0.207. The number of hydrogen-bond acceptors (Lipinski definition) is 7. The number of benzene rings is 3. The highest BCUT2D eigenvalue weighted by Crippen LogP contribution is 2.49. The van der Waals surface area contributed by atoms with Crippen LogP contribution in [0, 0.1) is 13.8 Å². The molecule has 1 N–H and O–H groups in total. The predicted molar refractivity (Wildman–Crippen MR) is 175 cm³/mol. The van der Waals surface area contributed by atoms with Crippen molar-refractivity contribution in [2.45, 2.75) is 25.6 Å². The minimum atomic E-state index is -0.311. The molecule has 3 aromatic carbocycles. The van der Waals surface area contributed by atoms with E-state index >= 15 is 0 Å². The lowest BCUT2D eigenvalue weighted by Crippen LogP contribution is -2.42. The number of ether oxygens (including phenoxy) is 2. The summed E-state index contributed by atoms with van der Waals surface area (Å²) in [7, 11) is 3.21. The van der Waals surface area contributed by atoms with E-state index in [4.69, 9.17) is 19.0 Å². The molecule has 10 heteroatoms. The third kappa shape index (κ3) is 5.93. The molecule has 1 aliphatic rings. The van der Waals surface area contributed by atoms with Crippen molar-refractivity contribution in [3.63, 3.8) is 0 Å². The molecule has 0 aliphatic carbocycles. The largest absolute Gasteiger partial charge is 0.493 e. The van der Waals surface area contributed by atoms with E-state index in [9.17, 15) is 9.59 Å². The van der Waals surface area contributed by atoms with Crippen LogP contribution in [-0.4, -0.2) is 48.1 Å². The molecule has 1 aliphatic heterocycles. The molecular weight excluding hydrogens is 588 g/mol. The van der Waals surface area contributed by atoms with Crippen molar-refractivity contribution < 1.29 is 23.5 Å². The molecule has 9 nitrogen and oxygen atoms in total. The fourth-order valence-electron chi connectivity index (χ4n) is 5.54. The summed E-state index contributed by atoms with van der Waals surface area (Å²) in [6.45, 7) is 4.12. The normalized spacial score (nSPS) is 14.5. The van der Waals surface area contributed by atoms with Crippen molar-refractivity contribution in [1.29, 1.82) is 0 Å². The lowest BCUT2D eigenvalue weighted by Gasteiger charge is -2.24. The number of carbonyl (C=O) groups excluding carboxylic acids is 2. The van der Waals surface area contributed by atoms with Crippen molar-refractivity contribution in [2.75, 3.05) is 31.4 Å². The molecule has 3 heterocycles. The van der Waals surface area contributed by atoms with Crippen LogP contribution >= 0.6 is 11.8 Å². The van der Waals surface area contributed by atoms with Gasteiger partial charge in [-0.2, -0.15) is 5.10 Å². The number of anilines is 1. The smallest absolute Gasteiger partial charge is 0.240 e. The fraction of sp³-hybridized carbons (Fsp3) is 0.229. The molecule has 1 unspecified atom stereocenters. The third-order valence-corrected chi connectivity index (χ3v) is 9.25. The van der Waals surface area contributed by atoms with Crippen molar-refractivity contribution in [2.24, 2.45) is 0 Å². The van der Waals surface area contributed by atoms with Crippen LogP contribution in [0.3, 0.4) is 0 Å². The van der Waals surface area contributed by atoms with Crippen molar-refractivity contribution in [1.82, 2.24) is 15.1 Å². The van der Waals surface area contributed by atoms with Crippen LogP contribution in [-0.2, 0) is 16.1 Å². The van der Waals surface area contributed by atoms with Crippen LogP contribution in [0.2, 0.25) is 0 Å². The summed E-state index contributed by atoms with van der Waals surface area (Å²) in [5.74, 6) is 2.04. The summed E-state index contributed by atoms with van der Waals surface area (Å²) in [6.07, 6.45) is 1.56. The Bertz CT molecular complexity index is 1830. The first-order chi connectivity index (χ1) is 21.9. The molecule has 1 atom stereocenters. The number of thioether (sulfide) groups is 1. The molecule has 2 aromatic heterocycles. The standard InChI is InChI=1S/C35H34N4O5S/c1-22-10-8-14-27(23(22)2)39-35-32(33(37-39)24-11-6-5-7-12-24)34(25-15-16-28(42-3)29(18-25)43-4)45-21-31(41)38(35)20-30(40)36-19-26-13-9-17-44-26/h5-18,34H,19-21H2,1-4H3,(H,36,40). The van der Waals surface area contributed by atoms with Gasteiger partial charge < -0.3 is 19.2 Å². The molecule has 0 bridgehead atoms. The summed E-state index contributed by atoms with van der Waals surface area (Å²) in [4.78, 5) is 29.0. The highest BCUT2D eigenvalue weighted by Gasteiger charge is 2.38. The molecule has 45 heavy (non-hydrogen) atoms. The van der Waals surface area contributed by atoms with E-state index in [1.807, 2.05) is 85.3 Å². The highest BCUT2D eigenvalue weighted by molar-refractivity contribution is 8.00. The predicted octanol–water partition coefficient (Wildman–Crippen LogP) is 6.25. The first-order valence-electron chi connectivity index (χ1n) is 14.6. The maximum atomic E-state index is 14.0. The summed E-state index contributed by atoms with van der Waals surface area (Å²) in [5.41, 5.74) is 6.34. The first-order valence-corrected chi connectivity index (χ1v) is 15.6. The number of furan rings is 1. The first kappa shape index (κ1) is 30.1. The van der Waals surface area contributed by atoms with E-state index in [1.165, 1.54) is 11.8 Å². The number of nitrogens with one attached hydrogen (secondary N) is 1. The second kappa shape index (κ2) is 13.0. The van der Waals surface area contributed by atoms with Gasteiger partial charge in [0.05, 0.1) is 49.4 Å². The highest BCUT2D eigenvalue weighted by atomic mass is 32.2. The molecule has 0 spiro atoms.